The molecule has 4 heteroatoms. The lowest BCUT2D eigenvalue weighted by Gasteiger charge is -2.44. The van der Waals surface area contributed by atoms with Gasteiger partial charge in [-0.25, -0.2) is 0 Å². The molecular weight excluding hydrogens is 228 g/mol. The van der Waals surface area contributed by atoms with Gasteiger partial charge in [0, 0.05) is 32.2 Å². The average Bonchev–Trinajstić information content (AvgIpc) is 2.46. The molecule has 3 fully saturated rings. The van der Waals surface area contributed by atoms with Gasteiger partial charge in [-0.15, -0.1) is 0 Å². The van der Waals surface area contributed by atoms with Crippen molar-refractivity contribution in [2.75, 3.05) is 39.4 Å². The maximum atomic E-state index is 5.92. The first-order chi connectivity index (χ1) is 8.93. The Hall–Kier alpha value is -0.160. The average molecular weight is 254 g/mol. The fraction of sp³-hybridized carbons (Fsp3) is 1.00. The molecule has 0 bridgehead atoms. The van der Waals surface area contributed by atoms with Crippen LogP contribution in [-0.4, -0.2) is 62.5 Å². The lowest BCUT2D eigenvalue weighted by atomic mass is 9.90. The number of hydrogen-bond donors (Lipinski definition) is 1. The molecule has 3 unspecified atom stereocenters. The number of rotatable bonds is 3. The zero-order valence-corrected chi connectivity index (χ0v) is 11.3. The number of nitrogens with zero attached hydrogens (tertiary/aromatic N) is 1. The van der Waals surface area contributed by atoms with Crippen molar-refractivity contribution in [1.82, 2.24) is 10.2 Å². The van der Waals surface area contributed by atoms with Gasteiger partial charge in [-0.1, -0.05) is 12.8 Å². The first-order valence-electron chi connectivity index (χ1n) is 7.61. The highest BCUT2D eigenvalue weighted by Crippen LogP contribution is 2.28. The van der Waals surface area contributed by atoms with E-state index < -0.39 is 0 Å². The molecule has 18 heavy (non-hydrogen) atoms. The Bertz CT molecular complexity index is 254. The summed E-state index contributed by atoms with van der Waals surface area (Å²) in [7, 11) is 0. The third kappa shape index (κ3) is 3.05. The van der Waals surface area contributed by atoms with E-state index in [2.05, 4.69) is 10.2 Å². The van der Waals surface area contributed by atoms with Gasteiger partial charge in [0.05, 0.1) is 25.4 Å². The predicted octanol–water partition coefficient (Wildman–Crippen LogP) is 1.01. The van der Waals surface area contributed by atoms with E-state index >= 15 is 0 Å². The summed E-state index contributed by atoms with van der Waals surface area (Å²) in [6, 6.07) is 0.684. The van der Waals surface area contributed by atoms with E-state index in [0.717, 1.165) is 39.3 Å². The van der Waals surface area contributed by atoms with Crippen molar-refractivity contribution in [2.24, 2.45) is 0 Å². The van der Waals surface area contributed by atoms with E-state index in [1.165, 1.54) is 32.2 Å². The van der Waals surface area contributed by atoms with Gasteiger partial charge in [0.25, 0.3) is 0 Å². The Morgan fingerprint density at radius 1 is 1.11 bits per heavy atom. The highest BCUT2D eigenvalue weighted by Gasteiger charge is 2.34. The minimum Gasteiger partial charge on any atom is -0.376 e. The Labute approximate surface area is 110 Å². The van der Waals surface area contributed by atoms with Crippen LogP contribution in [0.4, 0.5) is 0 Å². The van der Waals surface area contributed by atoms with Crippen LogP contribution in [-0.2, 0) is 9.47 Å². The van der Waals surface area contributed by atoms with Crippen LogP contribution in [0.3, 0.4) is 0 Å². The van der Waals surface area contributed by atoms with Gasteiger partial charge >= 0.3 is 0 Å². The largest absolute Gasteiger partial charge is 0.376 e. The minimum absolute atomic E-state index is 0.420. The minimum atomic E-state index is 0.420. The zero-order valence-electron chi connectivity index (χ0n) is 11.3. The number of fused-ring (bicyclic) bond motifs is 1. The summed E-state index contributed by atoms with van der Waals surface area (Å²) in [5.74, 6) is 0. The summed E-state index contributed by atoms with van der Waals surface area (Å²) in [6.45, 7) is 6.13. The molecule has 2 aliphatic heterocycles. The van der Waals surface area contributed by atoms with Crippen LogP contribution in [0.25, 0.3) is 0 Å². The van der Waals surface area contributed by atoms with Crippen LogP contribution in [0, 0.1) is 0 Å². The standard InChI is InChI=1S/C14H26N2O2/c1-2-4-14-13(3-1)16(8-10-18-14)7-5-12-11-15-6-9-17-12/h12-15H,1-11H2. The van der Waals surface area contributed by atoms with Crippen molar-refractivity contribution in [3.05, 3.63) is 0 Å². The Morgan fingerprint density at radius 3 is 2.94 bits per heavy atom. The monoisotopic (exact) mass is 254 g/mol. The fourth-order valence-electron chi connectivity index (χ4n) is 3.57. The molecule has 0 spiro atoms. The van der Waals surface area contributed by atoms with E-state index in [-0.39, 0.29) is 0 Å². The Balaban J connectivity index is 1.48. The molecule has 1 saturated carbocycles. The highest BCUT2D eigenvalue weighted by molar-refractivity contribution is 4.87. The molecule has 1 aliphatic carbocycles. The van der Waals surface area contributed by atoms with Crippen molar-refractivity contribution in [3.8, 4) is 0 Å². The molecule has 0 aromatic rings. The molecule has 2 saturated heterocycles. The third-order valence-electron chi connectivity index (χ3n) is 4.59. The van der Waals surface area contributed by atoms with Gasteiger partial charge in [0.15, 0.2) is 0 Å². The van der Waals surface area contributed by atoms with Crippen molar-refractivity contribution in [3.63, 3.8) is 0 Å². The maximum absolute atomic E-state index is 5.92. The first-order valence-corrected chi connectivity index (χ1v) is 7.61. The molecule has 2 heterocycles. The van der Waals surface area contributed by atoms with Crippen molar-refractivity contribution >= 4 is 0 Å². The van der Waals surface area contributed by atoms with Gasteiger partial charge in [-0.3, -0.25) is 4.90 Å². The van der Waals surface area contributed by atoms with Crippen LogP contribution in [0.1, 0.15) is 32.1 Å². The summed E-state index contributed by atoms with van der Waals surface area (Å²) in [5, 5.41) is 3.41. The molecule has 3 atom stereocenters. The predicted molar refractivity (Wildman–Crippen MR) is 70.8 cm³/mol. The smallest absolute Gasteiger partial charge is 0.0730 e. The van der Waals surface area contributed by atoms with E-state index in [1.54, 1.807) is 0 Å². The highest BCUT2D eigenvalue weighted by atomic mass is 16.5. The summed E-state index contributed by atoms with van der Waals surface area (Å²) < 4.78 is 11.7. The maximum Gasteiger partial charge on any atom is 0.0730 e. The molecule has 0 aromatic carbocycles. The summed E-state index contributed by atoms with van der Waals surface area (Å²) in [5.41, 5.74) is 0. The third-order valence-corrected chi connectivity index (χ3v) is 4.59. The van der Waals surface area contributed by atoms with Crippen molar-refractivity contribution in [1.29, 1.82) is 0 Å². The van der Waals surface area contributed by atoms with E-state index in [9.17, 15) is 0 Å². The normalized spacial score (nSPS) is 38.3. The van der Waals surface area contributed by atoms with E-state index in [4.69, 9.17) is 9.47 Å². The van der Waals surface area contributed by atoms with Crippen LogP contribution in [0.5, 0.6) is 0 Å². The van der Waals surface area contributed by atoms with Crippen LogP contribution in [0.2, 0.25) is 0 Å². The van der Waals surface area contributed by atoms with Gasteiger partial charge in [-0.05, 0) is 19.3 Å². The Kier molecular flexibility index (Phi) is 4.52. The number of morpholine rings is 2. The van der Waals surface area contributed by atoms with Crippen molar-refractivity contribution < 1.29 is 9.47 Å². The molecule has 3 rings (SSSR count). The number of ether oxygens (including phenoxy) is 2. The van der Waals surface area contributed by atoms with Crippen LogP contribution < -0.4 is 5.32 Å². The quantitative estimate of drug-likeness (QED) is 0.815. The number of nitrogens with one attached hydrogen (secondary N) is 1. The van der Waals surface area contributed by atoms with Crippen molar-refractivity contribution in [2.45, 2.75) is 50.4 Å². The molecular formula is C14H26N2O2. The molecule has 0 radical (unpaired) electrons. The molecule has 0 amide bonds. The topological polar surface area (TPSA) is 33.7 Å². The van der Waals surface area contributed by atoms with E-state index in [0.29, 0.717) is 18.2 Å². The lowest BCUT2D eigenvalue weighted by molar-refractivity contribution is -0.0925. The SMILES string of the molecule is C1CCC2C(C1)OCCN2CCC1CNCCO1. The van der Waals surface area contributed by atoms with Gasteiger partial charge < -0.3 is 14.8 Å². The second kappa shape index (κ2) is 6.33. The first kappa shape index (κ1) is 12.9. The van der Waals surface area contributed by atoms with Gasteiger partial charge in [-0.2, -0.15) is 0 Å². The molecule has 1 N–H and O–H groups in total. The molecule has 4 nitrogen and oxygen atoms in total. The molecule has 104 valence electrons. The number of hydrogen-bond acceptors (Lipinski definition) is 4. The van der Waals surface area contributed by atoms with Crippen LogP contribution in [0.15, 0.2) is 0 Å². The summed E-state index contributed by atoms with van der Waals surface area (Å²) in [6.07, 6.45) is 7.42. The van der Waals surface area contributed by atoms with Gasteiger partial charge in [0.1, 0.15) is 0 Å². The van der Waals surface area contributed by atoms with Crippen LogP contribution >= 0.6 is 0 Å². The lowest BCUT2D eigenvalue weighted by Crippen LogP contribution is -2.53. The Morgan fingerprint density at radius 2 is 2.06 bits per heavy atom. The van der Waals surface area contributed by atoms with E-state index in [1.807, 2.05) is 0 Å². The fourth-order valence-corrected chi connectivity index (χ4v) is 3.57. The second-order valence-corrected chi connectivity index (χ2v) is 5.78. The molecule has 3 aliphatic rings. The molecule has 0 aromatic heterocycles. The zero-order chi connectivity index (χ0) is 12.2. The summed E-state index contributed by atoms with van der Waals surface area (Å²) in [4.78, 5) is 2.66. The second-order valence-electron chi connectivity index (χ2n) is 5.78. The van der Waals surface area contributed by atoms with Gasteiger partial charge in [0.2, 0.25) is 0 Å². The summed E-state index contributed by atoms with van der Waals surface area (Å²) >= 11 is 0.